The van der Waals surface area contributed by atoms with Crippen molar-refractivity contribution in [1.82, 2.24) is 20.4 Å². The van der Waals surface area contributed by atoms with E-state index < -0.39 is 17.4 Å². The minimum atomic E-state index is -4.41. The number of piperidine rings is 1. The van der Waals surface area contributed by atoms with E-state index in [0.717, 1.165) is 18.6 Å². The van der Waals surface area contributed by atoms with Crippen LogP contribution in [0.2, 0.25) is 0 Å². The molecule has 1 aromatic carbocycles. The number of hydrogen-bond donors (Lipinski definition) is 2. The zero-order chi connectivity index (χ0) is 23.7. The first-order valence-electron chi connectivity index (χ1n) is 11.3. The molecule has 3 rings (SSSR count). The number of nitrogens with one attached hydrogen (secondary N) is 2. The molecule has 0 saturated carbocycles. The van der Waals surface area contributed by atoms with Gasteiger partial charge in [-0.15, -0.1) is 0 Å². The highest BCUT2D eigenvalue weighted by atomic mass is 32.1. The van der Waals surface area contributed by atoms with Gasteiger partial charge in [0.15, 0.2) is 5.11 Å². The summed E-state index contributed by atoms with van der Waals surface area (Å²) in [7, 11) is 0. The van der Waals surface area contributed by atoms with Crippen LogP contribution in [0.5, 0.6) is 0 Å². The first-order chi connectivity index (χ1) is 15.0. The van der Waals surface area contributed by atoms with E-state index in [4.69, 9.17) is 12.2 Å². The summed E-state index contributed by atoms with van der Waals surface area (Å²) in [6.45, 7) is 9.63. The summed E-state index contributed by atoms with van der Waals surface area (Å²) in [5.74, 6) is 0.0979. The van der Waals surface area contributed by atoms with Crippen molar-refractivity contribution >= 4 is 23.2 Å². The fourth-order valence-electron chi connectivity index (χ4n) is 4.52. The van der Waals surface area contributed by atoms with E-state index in [1.54, 1.807) is 11.0 Å². The van der Waals surface area contributed by atoms with Crippen molar-refractivity contribution in [2.75, 3.05) is 13.1 Å². The van der Waals surface area contributed by atoms with Gasteiger partial charge in [-0.2, -0.15) is 13.2 Å². The number of benzene rings is 1. The van der Waals surface area contributed by atoms with Crippen molar-refractivity contribution in [3.8, 4) is 0 Å². The molecule has 2 aliphatic rings. The molecule has 2 atom stereocenters. The fourth-order valence-corrected chi connectivity index (χ4v) is 4.94. The first-order valence-corrected chi connectivity index (χ1v) is 11.7. The number of alkyl halides is 3. The number of carbonyl (C=O) groups is 1. The van der Waals surface area contributed by atoms with E-state index in [1.807, 2.05) is 27.7 Å². The van der Waals surface area contributed by atoms with Crippen LogP contribution in [0, 0.1) is 5.92 Å². The van der Waals surface area contributed by atoms with Gasteiger partial charge in [0.25, 0.3) is 0 Å². The van der Waals surface area contributed by atoms with Gasteiger partial charge in [-0.25, -0.2) is 0 Å². The van der Waals surface area contributed by atoms with Gasteiger partial charge in [-0.3, -0.25) is 10.1 Å². The summed E-state index contributed by atoms with van der Waals surface area (Å²) in [4.78, 5) is 17.3. The number of rotatable bonds is 5. The van der Waals surface area contributed by atoms with Crippen LogP contribution < -0.4 is 10.6 Å². The Kier molecular flexibility index (Phi) is 7.39. The van der Waals surface area contributed by atoms with Gasteiger partial charge in [0.1, 0.15) is 0 Å². The smallest absolute Gasteiger partial charge is 0.360 e. The second kappa shape index (κ2) is 9.55. The molecule has 1 aromatic rings. The van der Waals surface area contributed by atoms with Crippen molar-refractivity contribution in [3.05, 3.63) is 35.4 Å². The van der Waals surface area contributed by atoms with E-state index in [2.05, 4.69) is 15.5 Å². The largest absolute Gasteiger partial charge is 0.416 e. The number of carbonyl (C=O) groups excluding carboxylic acids is 1. The molecular weight excluding hydrogens is 437 g/mol. The van der Waals surface area contributed by atoms with Gasteiger partial charge < -0.3 is 15.1 Å². The second-order valence-electron chi connectivity index (χ2n) is 9.25. The highest BCUT2D eigenvalue weighted by molar-refractivity contribution is 7.80. The Morgan fingerprint density at radius 1 is 1.28 bits per heavy atom. The number of nitrogens with zero attached hydrogens (tertiary/aromatic N) is 2. The zero-order valence-corrected chi connectivity index (χ0v) is 19.9. The maximum atomic E-state index is 13.4. The quantitative estimate of drug-likeness (QED) is 0.634. The van der Waals surface area contributed by atoms with Gasteiger partial charge >= 0.3 is 6.18 Å². The Balaban J connectivity index is 1.84. The average Bonchev–Trinajstić information content (AvgIpc) is 2.99. The van der Waals surface area contributed by atoms with Gasteiger partial charge in [0.05, 0.1) is 17.3 Å². The van der Waals surface area contributed by atoms with Gasteiger partial charge in [0, 0.05) is 38.5 Å². The summed E-state index contributed by atoms with van der Waals surface area (Å²) in [6.07, 6.45) is -2.26. The predicted octanol–water partition coefficient (Wildman–Crippen LogP) is 4.13. The molecule has 2 N–H and O–H groups in total. The zero-order valence-electron chi connectivity index (χ0n) is 19.1. The molecule has 9 heteroatoms. The lowest BCUT2D eigenvalue weighted by Gasteiger charge is -2.45. The summed E-state index contributed by atoms with van der Waals surface area (Å²) in [5.41, 5.74) is -0.788. The number of amides is 1. The molecule has 178 valence electrons. The van der Waals surface area contributed by atoms with Crippen LogP contribution >= 0.6 is 12.2 Å². The molecule has 2 heterocycles. The maximum absolute atomic E-state index is 13.4. The molecule has 1 amide bonds. The lowest BCUT2D eigenvalue weighted by atomic mass is 9.95. The van der Waals surface area contributed by atoms with Crippen molar-refractivity contribution in [2.45, 2.75) is 77.4 Å². The minimum Gasteiger partial charge on any atom is -0.360 e. The Labute approximate surface area is 193 Å². The Hall–Kier alpha value is -1.87. The molecule has 2 aliphatic heterocycles. The Morgan fingerprint density at radius 3 is 2.50 bits per heavy atom. The van der Waals surface area contributed by atoms with Crippen LogP contribution in [0.4, 0.5) is 13.2 Å². The SMILES string of the molecule is CCC(C)C1NC2(CCN(C(=S)NC(C)C)CC2)N(Cc2cccc(C(F)(F)F)c2)C1=O. The van der Waals surface area contributed by atoms with Crippen molar-refractivity contribution < 1.29 is 18.0 Å². The van der Waals surface area contributed by atoms with Crippen LogP contribution in [0.1, 0.15) is 58.1 Å². The van der Waals surface area contributed by atoms with Crippen LogP contribution in [0.25, 0.3) is 0 Å². The third-order valence-corrected chi connectivity index (χ3v) is 6.95. The normalized spacial score (nSPS) is 22.0. The first kappa shape index (κ1) is 24.8. The molecule has 0 aromatic heterocycles. The number of hydrogen-bond acceptors (Lipinski definition) is 3. The van der Waals surface area contributed by atoms with Gasteiger partial charge in [-0.05, 0) is 49.7 Å². The molecule has 0 aliphatic carbocycles. The summed E-state index contributed by atoms with van der Waals surface area (Å²) >= 11 is 5.51. The summed E-state index contributed by atoms with van der Waals surface area (Å²) in [5, 5.41) is 7.54. The number of halogens is 3. The highest BCUT2D eigenvalue weighted by Crippen LogP contribution is 2.37. The van der Waals surface area contributed by atoms with Gasteiger partial charge in [-0.1, -0.05) is 32.4 Å². The van der Waals surface area contributed by atoms with Crippen molar-refractivity contribution in [3.63, 3.8) is 0 Å². The van der Waals surface area contributed by atoms with E-state index in [1.165, 1.54) is 6.07 Å². The molecule has 0 bridgehead atoms. The topological polar surface area (TPSA) is 47.6 Å². The highest BCUT2D eigenvalue weighted by Gasteiger charge is 2.52. The second-order valence-corrected chi connectivity index (χ2v) is 9.64. The molecule has 1 spiro atoms. The molecule has 0 radical (unpaired) electrons. The summed E-state index contributed by atoms with van der Waals surface area (Å²) in [6, 6.07) is 5.17. The third kappa shape index (κ3) is 5.20. The molecule has 32 heavy (non-hydrogen) atoms. The third-order valence-electron chi connectivity index (χ3n) is 6.57. The van der Waals surface area contributed by atoms with E-state index in [-0.39, 0.29) is 30.5 Å². The van der Waals surface area contributed by atoms with Crippen molar-refractivity contribution in [1.29, 1.82) is 0 Å². The van der Waals surface area contributed by atoms with Crippen LogP contribution in [0.15, 0.2) is 24.3 Å². The average molecular weight is 471 g/mol. The molecule has 2 unspecified atom stereocenters. The maximum Gasteiger partial charge on any atom is 0.416 e. The fraction of sp³-hybridized carbons (Fsp3) is 0.652. The standard InChI is InChI=1S/C23H33F3N4OS/c1-5-16(4)19-20(31)30(14-17-7-6-8-18(13-17)23(24,25)26)22(28-19)9-11-29(12-10-22)21(32)27-15(2)3/h6-8,13,15-16,19,28H,5,9-12,14H2,1-4H3,(H,27,32). The molecular formula is C23H33F3N4OS. The Morgan fingerprint density at radius 2 is 1.94 bits per heavy atom. The molecule has 5 nitrogen and oxygen atoms in total. The molecule has 2 fully saturated rings. The number of likely N-dealkylation sites (tertiary alicyclic amines) is 1. The van der Waals surface area contributed by atoms with Crippen LogP contribution in [-0.2, 0) is 17.5 Å². The van der Waals surface area contributed by atoms with E-state index in [0.29, 0.717) is 36.6 Å². The lowest BCUT2D eigenvalue weighted by molar-refractivity contribution is -0.137. The van der Waals surface area contributed by atoms with Gasteiger partial charge in [0.2, 0.25) is 5.91 Å². The predicted molar refractivity (Wildman–Crippen MR) is 123 cm³/mol. The van der Waals surface area contributed by atoms with Crippen LogP contribution in [0.3, 0.4) is 0 Å². The lowest BCUT2D eigenvalue weighted by Crippen LogP contribution is -2.60. The molecule has 2 saturated heterocycles. The monoisotopic (exact) mass is 470 g/mol. The van der Waals surface area contributed by atoms with Crippen molar-refractivity contribution in [2.24, 2.45) is 5.92 Å². The van der Waals surface area contributed by atoms with E-state index in [9.17, 15) is 18.0 Å². The van der Waals surface area contributed by atoms with E-state index >= 15 is 0 Å². The van der Waals surface area contributed by atoms with Crippen LogP contribution in [-0.4, -0.2) is 51.7 Å². The Bertz CT molecular complexity index is 837. The number of thiocarbonyl (C=S) groups is 1. The summed E-state index contributed by atoms with van der Waals surface area (Å²) < 4.78 is 39.6. The minimum absolute atomic E-state index is 0.0342.